The molecule has 3 heterocycles. The summed E-state index contributed by atoms with van der Waals surface area (Å²) in [5.41, 5.74) is 2.28. The predicted octanol–water partition coefficient (Wildman–Crippen LogP) is 2.39. The van der Waals surface area contributed by atoms with Gasteiger partial charge in [-0.1, -0.05) is 0 Å². The van der Waals surface area contributed by atoms with Gasteiger partial charge in [0.2, 0.25) is 0 Å². The van der Waals surface area contributed by atoms with Gasteiger partial charge in [0.25, 0.3) is 0 Å². The van der Waals surface area contributed by atoms with E-state index in [1.54, 1.807) is 12.4 Å². The second-order valence-electron chi connectivity index (χ2n) is 7.02. The molecule has 4 rings (SSSR count). The molecule has 0 bridgehead atoms. The second-order valence-corrected chi connectivity index (χ2v) is 7.02. The molecular formula is C18H25N5O. The van der Waals surface area contributed by atoms with E-state index in [-0.39, 0.29) is 0 Å². The zero-order valence-corrected chi connectivity index (χ0v) is 14.5. The third kappa shape index (κ3) is 3.29. The Labute approximate surface area is 142 Å². The van der Waals surface area contributed by atoms with Crippen molar-refractivity contribution < 1.29 is 4.74 Å². The van der Waals surface area contributed by atoms with Gasteiger partial charge < -0.3 is 9.30 Å². The van der Waals surface area contributed by atoms with Gasteiger partial charge in [-0.3, -0.25) is 4.90 Å². The molecule has 6 heteroatoms. The Bertz CT molecular complexity index is 692. The van der Waals surface area contributed by atoms with Crippen LogP contribution in [0, 0.1) is 12.8 Å². The molecule has 1 aliphatic heterocycles. The van der Waals surface area contributed by atoms with Crippen LogP contribution in [0.2, 0.25) is 0 Å². The summed E-state index contributed by atoms with van der Waals surface area (Å²) in [7, 11) is 0. The number of rotatable bonds is 6. The standard InChI is InChI=1S/C18H25N5O/c1-13-9-20-18(21-10-13)24-8-5-16-11-19-17-14(2)22(6-7-23(16)17)12-15-3-4-15/h9-11,14-15H,3-8,12H2,1-2H3. The third-order valence-electron chi connectivity index (χ3n) is 5.04. The molecular weight excluding hydrogens is 302 g/mol. The van der Waals surface area contributed by atoms with Crippen LogP contribution in [-0.4, -0.2) is 44.1 Å². The number of nitrogens with zero attached hydrogens (tertiary/aromatic N) is 5. The highest BCUT2D eigenvalue weighted by atomic mass is 16.5. The highest BCUT2D eigenvalue weighted by Gasteiger charge is 2.31. The summed E-state index contributed by atoms with van der Waals surface area (Å²) < 4.78 is 8.03. The molecule has 1 atom stereocenters. The predicted molar refractivity (Wildman–Crippen MR) is 90.9 cm³/mol. The first kappa shape index (κ1) is 15.6. The molecule has 2 aliphatic rings. The Balaban J connectivity index is 1.36. The Morgan fingerprint density at radius 3 is 2.67 bits per heavy atom. The van der Waals surface area contributed by atoms with Crippen LogP contribution >= 0.6 is 0 Å². The number of ether oxygens (including phenoxy) is 1. The molecule has 1 fully saturated rings. The van der Waals surface area contributed by atoms with E-state index in [2.05, 4.69) is 31.3 Å². The van der Waals surface area contributed by atoms with Gasteiger partial charge in [0.1, 0.15) is 5.82 Å². The lowest BCUT2D eigenvalue weighted by Gasteiger charge is -2.34. The number of hydrogen-bond acceptors (Lipinski definition) is 5. The normalized spacial score (nSPS) is 20.8. The summed E-state index contributed by atoms with van der Waals surface area (Å²) in [6.07, 6.45) is 9.20. The maximum Gasteiger partial charge on any atom is 0.316 e. The van der Waals surface area contributed by atoms with E-state index < -0.39 is 0 Å². The number of fused-ring (bicyclic) bond motifs is 1. The van der Waals surface area contributed by atoms with E-state index in [1.165, 1.54) is 30.9 Å². The zero-order valence-electron chi connectivity index (χ0n) is 14.5. The van der Waals surface area contributed by atoms with Crippen molar-refractivity contribution in [3.05, 3.63) is 35.7 Å². The number of imidazole rings is 1. The average Bonchev–Trinajstić information content (AvgIpc) is 3.31. The second kappa shape index (κ2) is 6.51. The first-order chi connectivity index (χ1) is 11.7. The third-order valence-corrected chi connectivity index (χ3v) is 5.04. The van der Waals surface area contributed by atoms with E-state index in [1.807, 2.05) is 13.1 Å². The maximum atomic E-state index is 5.66. The smallest absolute Gasteiger partial charge is 0.316 e. The number of hydrogen-bond donors (Lipinski definition) is 0. The molecule has 0 radical (unpaired) electrons. The van der Waals surface area contributed by atoms with Crippen molar-refractivity contribution in [1.82, 2.24) is 24.4 Å². The van der Waals surface area contributed by atoms with Crippen molar-refractivity contribution in [3.8, 4) is 6.01 Å². The monoisotopic (exact) mass is 327 g/mol. The van der Waals surface area contributed by atoms with Gasteiger partial charge >= 0.3 is 6.01 Å². The number of aryl methyl sites for hydroxylation is 1. The quantitative estimate of drug-likeness (QED) is 0.815. The van der Waals surface area contributed by atoms with Crippen molar-refractivity contribution in [1.29, 1.82) is 0 Å². The molecule has 0 N–H and O–H groups in total. The Morgan fingerprint density at radius 2 is 1.92 bits per heavy atom. The molecule has 24 heavy (non-hydrogen) atoms. The fourth-order valence-corrected chi connectivity index (χ4v) is 3.39. The highest BCUT2D eigenvalue weighted by Crippen LogP contribution is 2.34. The van der Waals surface area contributed by atoms with Crippen LogP contribution in [0.1, 0.15) is 42.9 Å². The van der Waals surface area contributed by atoms with Crippen LogP contribution in [0.4, 0.5) is 0 Å². The van der Waals surface area contributed by atoms with E-state index in [0.717, 1.165) is 31.0 Å². The Morgan fingerprint density at radius 1 is 1.12 bits per heavy atom. The summed E-state index contributed by atoms with van der Waals surface area (Å²) in [5.74, 6) is 2.12. The lowest BCUT2D eigenvalue weighted by Crippen LogP contribution is -2.38. The van der Waals surface area contributed by atoms with Crippen molar-refractivity contribution in [2.45, 2.75) is 45.7 Å². The summed E-state index contributed by atoms with van der Waals surface area (Å²) in [6, 6.07) is 0.859. The van der Waals surface area contributed by atoms with Crippen LogP contribution in [-0.2, 0) is 13.0 Å². The summed E-state index contributed by atoms with van der Waals surface area (Å²) >= 11 is 0. The minimum absolute atomic E-state index is 0.412. The van der Waals surface area contributed by atoms with Crippen LogP contribution in [0.3, 0.4) is 0 Å². The largest absolute Gasteiger partial charge is 0.463 e. The Kier molecular flexibility index (Phi) is 4.22. The lowest BCUT2D eigenvalue weighted by atomic mass is 10.2. The molecule has 0 aromatic carbocycles. The molecule has 6 nitrogen and oxygen atoms in total. The van der Waals surface area contributed by atoms with Gasteiger partial charge in [0.05, 0.1) is 12.6 Å². The van der Waals surface area contributed by atoms with E-state index in [9.17, 15) is 0 Å². The van der Waals surface area contributed by atoms with Crippen molar-refractivity contribution in [3.63, 3.8) is 0 Å². The van der Waals surface area contributed by atoms with Crippen LogP contribution in [0.25, 0.3) is 0 Å². The fraction of sp³-hybridized carbons (Fsp3) is 0.611. The summed E-state index contributed by atoms with van der Waals surface area (Å²) in [6.45, 7) is 8.21. The minimum Gasteiger partial charge on any atom is -0.463 e. The van der Waals surface area contributed by atoms with Gasteiger partial charge in [-0.25, -0.2) is 15.0 Å². The van der Waals surface area contributed by atoms with Gasteiger partial charge in [-0.05, 0) is 38.2 Å². The highest BCUT2D eigenvalue weighted by molar-refractivity contribution is 5.12. The first-order valence-electron chi connectivity index (χ1n) is 8.90. The minimum atomic E-state index is 0.412. The number of aromatic nitrogens is 4. The van der Waals surface area contributed by atoms with Gasteiger partial charge in [0, 0.05) is 50.3 Å². The topological polar surface area (TPSA) is 56.1 Å². The van der Waals surface area contributed by atoms with Crippen molar-refractivity contribution in [2.24, 2.45) is 5.92 Å². The summed E-state index contributed by atoms with van der Waals surface area (Å²) in [5, 5.41) is 0. The molecule has 1 aliphatic carbocycles. The Hall–Kier alpha value is -1.95. The van der Waals surface area contributed by atoms with Gasteiger partial charge in [-0.2, -0.15) is 0 Å². The molecule has 2 aromatic rings. The maximum absolute atomic E-state index is 5.66. The van der Waals surface area contributed by atoms with E-state index in [0.29, 0.717) is 18.7 Å². The zero-order chi connectivity index (χ0) is 16.5. The van der Waals surface area contributed by atoms with Crippen LogP contribution in [0.5, 0.6) is 6.01 Å². The molecule has 0 amide bonds. The summed E-state index contributed by atoms with van der Waals surface area (Å²) in [4.78, 5) is 15.6. The van der Waals surface area contributed by atoms with Crippen molar-refractivity contribution in [2.75, 3.05) is 19.7 Å². The molecule has 128 valence electrons. The van der Waals surface area contributed by atoms with Gasteiger partial charge in [0.15, 0.2) is 0 Å². The van der Waals surface area contributed by atoms with E-state index in [4.69, 9.17) is 4.74 Å². The van der Waals surface area contributed by atoms with Crippen LogP contribution < -0.4 is 4.74 Å². The molecule has 0 saturated heterocycles. The average molecular weight is 327 g/mol. The lowest BCUT2D eigenvalue weighted by molar-refractivity contribution is 0.156. The van der Waals surface area contributed by atoms with Crippen LogP contribution in [0.15, 0.2) is 18.6 Å². The molecule has 1 saturated carbocycles. The van der Waals surface area contributed by atoms with Crippen molar-refractivity contribution >= 4 is 0 Å². The molecule has 1 unspecified atom stereocenters. The molecule has 2 aromatic heterocycles. The first-order valence-corrected chi connectivity index (χ1v) is 8.90. The SMILES string of the molecule is Cc1cnc(OCCc2cnc3n2CCN(CC2CC2)C3C)nc1. The fourth-order valence-electron chi connectivity index (χ4n) is 3.39. The van der Waals surface area contributed by atoms with E-state index >= 15 is 0 Å². The van der Waals surface area contributed by atoms with Gasteiger partial charge in [-0.15, -0.1) is 0 Å². The molecule has 0 spiro atoms.